The van der Waals surface area contributed by atoms with Crippen molar-refractivity contribution in [3.05, 3.63) is 30.1 Å². The van der Waals surface area contributed by atoms with Crippen LogP contribution in [0.4, 0.5) is 0 Å². The summed E-state index contributed by atoms with van der Waals surface area (Å²) in [5, 5.41) is 10.1. The quantitative estimate of drug-likeness (QED) is 0.867. The zero-order chi connectivity index (χ0) is 12.1. The van der Waals surface area contributed by atoms with E-state index in [4.69, 9.17) is 0 Å². The van der Waals surface area contributed by atoms with Crippen molar-refractivity contribution in [3.8, 4) is 0 Å². The van der Waals surface area contributed by atoms with Gasteiger partial charge in [0.15, 0.2) is 0 Å². The summed E-state index contributed by atoms with van der Waals surface area (Å²) in [6, 6.07) is 6.33. The van der Waals surface area contributed by atoms with E-state index in [9.17, 15) is 5.11 Å². The second kappa shape index (κ2) is 6.12. The van der Waals surface area contributed by atoms with Gasteiger partial charge in [0, 0.05) is 18.8 Å². The van der Waals surface area contributed by atoms with Crippen LogP contribution in [0.1, 0.15) is 38.3 Å². The third-order valence-electron chi connectivity index (χ3n) is 3.66. The molecular weight excluding hydrogens is 212 g/mol. The maximum Gasteiger partial charge on any atom is 0.0695 e. The van der Waals surface area contributed by atoms with Gasteiger partial charge in [0.05, 0.1) is 11.8 Å². The molecular formula is C14H22N2O. The molecule has 0 spiro atoms. The first-order chi connectivity index (χ1) is 8.31. The van der Waals surface area contributed by atoms with Gasteiger partial charge in [-0.1, -0.05) is 25.8 Å². The van der Waals surface area contributed by atoms with E-state index in [1.165, 1.54) is 12.8 Å². The van der Waals surface area contributed by atoms with Crippen LogP contribution in [0.2, 0.25) is 0 Å². The van der Waals surface area contributed by atoms with Crippen LogP contribution >= 0.6 is 0 Å². The molecule has 1 aliphatic carbocycles. The predicted molar refractivity (Wildman–Crippen MR) is 68.6 cm³/mol. The van der Waals surface area contributed by atoms with Gasteiger partial charge in [-0.3, -0.25) is 9.88 Å². The minimum absolute atomic E-state index is 0.160. The molecule has 3 heteroatoms. The summed E-state index contributed by atoms with van der Waals surface area (Å²) in [5.74, 6) is 0. The largest absolute Gasteiger partial charge is 0.391 e. The van der Waals surface area contributed by atoms with Crippen LogP contribution in [0.15, 0.2) is 24.4 Å². The van der Waals surface area contributed by atoms with E-state index in [1.807, 2.05) is 18.3 Å². The minimum Gasteiger partial charge on any atom is -0.391 e. The van der Waals surface area contributed by atoms with E-state index in [2.05, 4.69) is 22.9 Å². The van der Waals surface area contributed by atoms with Crippen molar-refractivity contribution in [1.82, 2.24) is 9.88 Å². The SMILES string of the molecule is CCN(Cc1ccccn1)[C@@H]1CCCC[C@H]1O. The highest BCUT2D eigenvalue weighted by Gasteiger charge is 2.27. The van der Waals surface area contributed by atoms with Crippen molar-refractivity contribution in [2.45, 2.75) is 51.3 Å². The first-order valence-electron chi connectivity index (χ1n) is 6.63. The number of aliphatic hydroxyl groups excluding tert-OH is 1. The summed E-state index contributed by atoms with van der Waals surface area (Å²) < 4.78 is 0. The molecule has 0 amide bonds. The third kappa shape index (κ3) is 3.27. The average molecular weight is 234 g/mol. The first-order valence-corrected chi connectivity index (χ1v) is 6.63. The van der Waals surface area contributed by atoms with E-state index in [-0.39, 0.29) is 6.10 Å². The Morgan fingerprint density at radius 1 is 1.35 bits per heavy atom. The molecule has 1 heterocycles. The van der Waals surface area contributed by atoms with E-state index in [0.29, 0.717) is 6.04 Å². The molecule has 94 valence electrons. The monoisotopic (exact) mass is 234 g/mol. The molecule has 0 bridgehead atoms. The van der Waals surface area contributed by atoms with Crippen molar-refractivity contribution in [3.63, 3.8) is 0 Å². The zero-order valence-electron chi connectivity index (χ0n) is 10.5. The smallest absolute Gasteiger partial charge is 0.0695 e. The van der Waals surface area contributed by atoms with Gasteiger partial charge in [0.2, 0.25) is 0 Å². The molecule has 0 aliphatic heterocycles. The maximum atomic E-state index is 10.1. The molecule has 17 heavy (non-hydrogen) atoms. The standard InChI is InChI=1S/C14H22N2O/c1-2-16(11-12-7-5-6-10-15-12)13-8-3-4-9-14(13)17/h5-7,10,13-14,17H,2-4,8-9,11H2,1H3/t13-,14-/m1/s1. The number of rotatable bonds is 4. The van der Waals surface area contributed by atoms with E-state index >= 15 is 0 Å². The summed E-state index contributed by atoms with van der Waals surface area (Å²) in [5.41, 5.74) is 1.09. The lowest BCUT2D eigenvalue weighted by molar-refractivity contribution is 0.0177. The Morgan fingerprint density at radius 3 is 2.82 bits per heavy atom. The van der Waals surface area contributed by atoms with Crippen molar-refractivity contribution >= 4 is 0 Å². The number of nitrogens with zero attached hydrogens (tertiary/aromatic N) is 2. The highest BCUT2D eigenvalue weighted by molar-refractivity contribution is 5.03. The Balaban J connectivity index is 2.00. The molecule has 0 aromatic carbocycles. The molecule has 0 saturated heterocycles. The van der Waals surface area contributed by atoms with Crippen LogP contribution in [0.25, 0.3) is 0 Å². The molecule has 1 saturated carbocycles. The van der Waals surface area contributed by atoms with Crippen molar-refractivity contribution in [2.24, 2.45) is 0 Å². The maximum absolute atomic E-state index is 10.1. The average Bonchev–Trinajstić information content (AvgIpc) is 2.38. The second-order valence-corrected chi connectivity index (χ2v) is 4.80. The fourth-order valence-corrected chi connectivity index (χ4v) is 2.68. The summed E-state index contributed by atoms with van der Waals surface area (Å²) in [6.45, 7) is 3.97. The molecule has 1 aromatic rings. The Morgan fingerprint density at radius 2 is 2.18 bits per heavy atom. The van der Waals surface area contributed by atoms with Gasteiger partial charge in [0.25, 0.3) is 0 Å². The van der Waals surface area contributed by atoms with Crippen molar-refractivity contribution in [2.75, 3.05) is 6.54 Å². The topological polar surface area (TPSA) is 36.4 Å². The highest BCUT2D eigenvalue weighted by atomic mass is 16.3. The first kappa shape index (κ1) is 12.5. The van der Waals surface area contributed by atoms with E-state index in [1.54, 1.807) is 0 Å². The van der Waals surface area contributed by atoms with Gasteiger partial charge >= 0.3 is 0 Å². The van der Waals surface area contributed by atoms with Crippen LogP contribution in [0, 0.1) is 0 Å². The number of aromatic nitrogens is 1. The molecule has 1 fully saturated rings. The summed E-state index contributed by atoms with van der Waals surface area (Å²) in [7, 11) is 0. The predicted octanol–water partition coefficient (Wildman–Crippen LogP) is 2.21. The van der Waals surface area contributed by atoms with Crippen LogP contribution in [0.5, 0.6) is 0 Å². The molecule has 1 aliphatic rings. The number of pyridine rings is 1. The van der Waals surface area contributed by atoms with Crippen LogP contribution in [-0.2, 0) is 6.54 Å². The zero-order valence-corrected chi connectivity index (χ0v) is 10.5. The van der Waals surface area contributed by atoms with Gasteiger partial charge in [0.1, 0.15) is 0 Å². The lowest BCUT2D eigenvalue weighted by Gasteiger charge is -2.36. The Bertz CT molecular complexity index is 328. The van der Waals surface area contributed by atoms with Crippen LogP contribution in [0.3, 0.4) is 0 Å². The molecule has 1 aromatic heterocycles. The normalized spacial score (nSPS) is 25.1. The molecule has 2 atom stereocenters. The summed E-state index contributed by atoms with van der Waals surface area (Å²) >= 11 is 0. The molecule has 1 N–H and O–H groups in total. The minimum atomic E-state index is -0.160. The van der Waals surface area contributed by atoms with Gasteiger partial charge in [-0.05, 0) is 31.5 Å². The Kier molecular flexibility index (Phi) is 4.51. The molecule has 0 radical (unpaired) electrons. The van der Waals surface area contributed by atoms with Gasteiger partial charge in [-0.2, -0.15) is 0 Å². The fraction of sp³-hybridized carbons (Fsp3) is 0.643. The van der Waals surface area contributed by atoms with E-state index in [0.717, 1.165) is 31.6 Å². The van der Waals surface area contributed by atoms with Gasteiger partial charge < -0.3 is 5.11 Å². The fourth-order valence-electron chi connectivity index (χ4n) is 2.68. The third-order valence-corrected chi connectivity index (χ3v) is 3.66. The van der Waals surface area contributed by atoms with Crippen molar-refractivity contribution in [1.29, 1.82) is 0 Å². The number of likely N-dealkylation sites (N-methyl/N-ethyl adjacent to an activating group) is 1. The number of aliphatic hydroxyl groups is 1. The molecule has 0 unspecified atom stereocenters. The number of hydrogen-bond acceptors (Lipinski definition) is 3. The van der Waals surface area contributed by atoms with Gasteiger partial charge in [-0.15, -0.1) is 0 Å². The van der Waals surface area contributed by atoms with Gasteiger partial charge in [-0.25, -0.2) is 0 Å². The lowest BCUT2D eigenvalue weighted by Crippen LogP contribution is -2.45. The van der Waals surface area contributed by atoms with Crippen LogP contribution < -0.4 is 0 Å². The van der Waals surface area contributed by atoms with E-state index < -0.39 is 0 Å². The molecule has 3 nitrogen and oxygen atoms in total. The molecule has 2 rings (SSSR count). The summed E-state index contributed by atoms with van der Waals surface area (Å²) in [4.78, 5) is 6.72. The van der Waals surface area contributed by atoms with Crippen LogP contribution in [-0.4, -0.2) is 33.7 Å². The lowest BCUT2D eigenvalue weighted by atomic mass is 9.91. The number of hydrogen-bond donors (Lipinski definition) is 1. The highest BCUT2D eigenvalue weighted by Crippen LogP contribution is 2.24. The summed E-state index contributed by atoms with van der Waals surface area (Å²) in [6.07, 6.45) is 6.14. The Hall–Kier alpha value is -0.930. The second-order valence-electron chi connectivity index (χ2n) is 4.80. The Labute approximate surface area is 103 Å². The van der Waals surface area contributed by atoms with Crippen molar-refractivity contribution < 1.29 is 5.11 Å².